The first kappa shape index (κ1) is 12.4. The van der Waals surface area contributed by atoms with Gasteiger partial charge in [-0.1, -0.05) is 30.3 Å². The smallest absolute Gasteiger partial charge is 0.335 e. The summed E-state index contributed by atoms with van der Waals surface area (Å²) in [7, 11) is 0. The summed E-state index contributed by atoms with van der Waals surface area (Å²) in [6.45, 7) is 5.82. The molecule has 2 aromatic carbocycles. The van der Waals surface area contributed by atoms with Gasteiger partial charge in [-0.3, -0.25) is 0 Å². The zero-order valence-electron chi connectivity index (χ0n) is 10.3. The molecular weight excluding hydrogens is 224 g/mol. The van der Waals surface area contributed by atoms with Crippen molar-refractivity contribution >= 4 is 5.97 Å². The lowest BCUT2D eigenvalue weighted by atomic mass is 9.97. The molecule has 0 aromatic heterocycles. The number of aryl methyl sites for hydroxylation is 1. The molecule has 2 nitrogen and oxygen atoms in total. The fourth-order valence-corrected chi connectivity index (χ4v) is 1.92. The van der Waals surface area contributed by atoms with Gasteiger partial charge < -0.3 is 5.11 Å². The van der Waals surface area contributed by atoms with Crippen molar-refractivity contribution in [2.45, 2.75) is 13.3 Å². The largest absolute Gasteiger partial charge is 0.478 e. The summed E-state index contributed by atoms with van der Waals surface area (Å²) in [4.78, 5) is 11.0. The Kier molecular flexibility index (Phi) is 3.47. The molecule has 0 unspecified atom stereocenters. The lowest BCUT2D eigenvalue weighted by Crippen LogP contribution is -1.97. The molecule has 1 N–H and O–H groups in total. The lowest BCUT2D eigenvalue weighted by molar-refractivity contribution is 0.0697. The molecule has 1 radical (unpaired) electrons. The first-order valence-electron chi connectivity index (χ1n) is 5.84. The van der Waals surface area contributed by atoms with Crippen molar-refractivity contribution in [2.24, 2.45) is 0 Å². The molecule has 0 aliphatic rings. The van der Waals surface area contributed by atoms with E-state index in [-0.39, 0.29) is 0 Å². The Hall–Kier alpha value is -2.09. The molecule has 0 aliphatic heterocycles. The third-order valence-electron chi connectivity index (χ3n) is 3.04. The van der Waals surface area contributed by atoms with Gasteiger partial charge in [0, 0.05) is 0 Å². The van der Waals surface area contributed by atoms with Crippen LogP contribution in [-0.2, 0) is 6.42 Å². The van der Waals surface area contributed by atoms with Gasteiger partial charge in [0.25, 0.3) is 0 Å². The van der Waals surface area contributed by atoms with E-state index in [0.717, 1.165) is 23.1 Å². The number of benzene rings is 2. The summed E-state index contributed by atoms with van der Waals surface area (Å²) >= 11 is 0. The van der Waals surface area contributed by atoms with Gasteiger partial charge in [-0.15, -0.1) is 0 Å². The fourth-order valence-electron chi connectivity index (χ4n) is 1.92. The number of rotatable bonds is 3. The highest BCUT2D eigenvalue weighted by atomic mass is 16.4. The van der Waals surface area contributed by atoms with Crippen LogP contribution in [-0.4, -0.2) is 11.1 Å². The Morgan fingerprint density at radius 3 is 2.39 bits per heavy atom. The van der Waals surface area contributed by atoms with Crippen LogP contribution in [0.3, 0.4) is 0 Å². The van der Waals surface area contributed by atoms with E-state index in [9.17, 15) is 4.79 Å². The van der Waals surface area contributed by atoms with E-state index in [1.165, 1.54) is 5.56 Å². The molecular formula is C16H15O2. The second-order valence-electron chi connectivity index (χ2n) is 4.28. The Labute approximate surface area is 107 Å². The molecule has 2 heteroatoms. The minimum Gasteiger partial charge on any atom is -0.478 e. The molecule has 0 saturated heterocycles. The molecule has 0 spiro atoms. The van der Waals surface area contributed by atoms with Crippen molar-refractivity contribution in [3.63, 3.8) is 0 Å². The molecule has 0 heterocycles. The third kappa shape index (κ3) is 2.43. The molecule has 0 atom stereocenters. The normalized spacial score (nSPS) is 10.3. The predicted octanol–water partition coefficient (Wildman–Crippen LogP) is 3.74. The van der Waals surface area contributed by atoms with Crippen molar-refractivity contribution in [3.05, 3.63) is 66.1 Å². The molecule has 2 rings (SSSR count). The molecule has 2 aromatic rings. The van der Waals surface area contributed by atoms with E-state index in [1.807, 2.05) is 37.3 Å². The fraction of sp³-hybridized carbons (Fsp3) is 0.125. The Morgan fingerprint density at radius 2 is 1.83 bits per heavy atom. The number of aromatic carboxylic acids is 1. The second kappa shape index (κ2) is 5.05. The van der Waals surface area contributed by atoms with E-state index in [4.69, 9.17) is 5.11 Å². The standard InChI is InChI=1S/C16H15O2/c1-3-12-5-8-13(9-6-12)15-10-14(16(17)18)7-4-11(15)2/h4-10H,1,3H2,2H3,(H,17,18). The van der Waals surface area contributed by atoms with Gasteiger partial charge >= 0.3 is 5.97 Å². The van der Waals surface area contributed by atoms with Crippen molar-refractivity contribution in [3.8, 4) is 11.1 Å². The van der Waals surface area contributed by atoms with Gasteiger partial charge in [-0.2, -0.15) is 0 Å². The van der Waals surface area contributed by atoms with Crippen molar-refractivity contribution in [2.75, 3.05) is 0 Å². The summed E-state index contributed by atoms with van der Waals surface area (Å²) in [5.41, 5.74) is 4.56. The number of carbonyl (C=O) groups is 1. The van der Waals surface area contributed by atoms with Crippen LogP contribution in [0.25, 0.3) is 11.1 Å². The molecule has 0 aliphatic carbocycles. The topological polar surface area (TPSA) is 37.3 Å². The number of hydrogen-bond acceptors (Lipinski definition) is 1. The van der Waals surface area contributed by atoms with Crippen LogP contribution in [0.1, 0.15) is 21.5 Å². The maximum absolute atomic E-state index is 11.0. The van der Waals surface area contributed by atoms with Gasteiger partial charge in [-0.25, -0.2) is 4.79 Å². The number of carboxylic acid groups (broad SMARTS) is 1. The lowest BCUT2D eigenvalue weighted by Gasteiger charge is -2.08. The maximum Gasteiger partial charge on any atom is 0.335 e. The van der Waals surface area contributed by atoms with Crippen LogP contribution >= 0.6 is 0 Å². The Balaban J connectivity index is 2.48. The van der Waals surface area contributed by atoms with Gasteiger partial charge in [0.1, 0.15) is 0 Å². The Morgan fingerprint density at radius 1 is 1.17 bits per heavy atom. The van der Waals surface area contributed by atoms with Crippen molar-refractivity contribution < 1.29 is 9.90 Å². The Bertz CT molecular complexity index is 568. The molecule has 18 heavy (non-hydrogen) atoms. The second-order valence-corrected chi connectivity index (χ2v) is 4.28. The zero-order chi connectivity index (χ0) is 13.1. The van der Waals surface area contributed by atoms with E-state index in [0.29, 0.717) is 5.56 Å². The van der Waals surface area contributed by atoms with Gasteiger partial charge in [0.05, 0.1) is 5.56 Å². The zero-order valence-corrected chi connectivity index (χ0v) is 10.3. The molecule has 0 fully saturated rings. The summed E-state index contributed by atoms with van der Waals surface area (Å²) in [5, 5.41) is 9.02. The molecule has 91 valence electrons. The van der Waals surface area contributed by atoms with Crippen molar-refractivity contribution in [1.82, 2.24) is 0 Å². The maximum atomic E-state index is 11.0. The molecule has 0 amide bonds. The molecule has 0 saturated carbocycles. The third-order valence-corrected chi connectivity index (χ3v) is 3.04. The van der Waals surface area contributed by atoms with E-state index >= 15 is 0 Å². The van der Waals surface area contributed by atoms with Crippen LogP contribution in [0.2, 0.25) is 0 Å². The number of hydrogen-bond donors (Lipinski definition) is 1. The predicted molar refractivity (Wildman–Crippen MR) is 72.6 cm³/mol. The van der Waals surface area contributed by atoms with Gasteiger partial charge in [0.15, 0.2) is 0 Å². The van der Waals surface area contributed by atoms with E-state index in [2.05, 4.69) is 6.92 Å². The minimum absolute atomic E-state index is 0.317. The summed E-state index contributed by atoms with van der Waals surface area (Å²) in [6, 6.07) is 13.3. The highest BCUT2D eigenvalue weighted by molar-refractivity contribution is 5.89. The summed E-state index contributed by atoms with van der Waals surface area (Å²) in [5.74, 6) is -0.898. The van der Waals surface area contributed by atoms with E-state index < -0.39 is 5.97 Å². The monoisotopic (exact) mass is 239 g/mol. The first-order chi connectivity index (χ1) is 8.61. The van der Waals surface area contributed by atoms with Gasteiger partial charge in [0.2, 0.25) is 0 Å². The van der Waals surface area contributed by atoms with Crippen LogP contribution < -0.4 is 0 Å². The minimum atomic E-state index is -0.898. The average Bonchev–Trinajstić information content (AvgIpc) is 2.39. The SMILES string of the molecule is [CH2]Cc1ccc(-c2cc(C(=O)O)ccc2C)cc1. The quantitative estimate of drug-likeness (QED) is 0.886. The molecule has 0 bridgehead atoms. The van der Waals surface area contributed by atoms with Crippen LogP contribution in [0.5, 0.6) is 0 Å². The number of carboxylic acids is 1. The van der Waals surface area contributed by atoms with Crippen LogP contribution in [0.4, 0.5) is 0 Å². The van der Waals surface area contributed by atoms with Crippen LogP contribution in [0.15, 0.2) is 42.5 Å². The van der Waals surface area contributed by atoms with Crippen molar-refractivity contribution in [1.29, 1.82) is 0 Å². The first-order valence-corrected chi connectivity index (χ1v) is 5.84. The van der Waals surface area contributed by atoms with Crippen LogP contribution in [0, 0.1) is 13.8 Å². The average molecular weight is 239 g/mol. The summed E-state index contributed by atoms with van der Waals surface area (Å²) < 4.78 is 0. The van der Waals surface area contributed by atoms with Gasteiger partial charge in [-0.05, 0) is 54.7 Å². The highest BCUT2D eigenvalue weighted by Crippen LogP contribution is 2.25. The highest BCUT2D eigenvalue weighted by Gasteiger charge is 2.07. The van der Waals surface area contributed by atoms with E-state index in [1.54, 1.807) is 12.1 Å². The summed E-state index contributed by atoms with van der Waals surface area (Å²) in [6.07, 6.45) is 0.758.